The van der Waals surface area contributed by atoms with Gasteiger partial charge in [-0.1, -0.05) is 39.8 Å². The summed E-state index contributed by atoms with van der Waals surface area (Å²) in [6, 6.07) is 4.36. The fraction of sp³-hybridized carbons (Fsp3) is 0.630. The van der Waals surface area contributed by atoms with Crippen molar-refractivity contribution in [1.29, 1.82) is 0 Å². The molecule has 0 saturated heterocycles. The first-order valence-corrected chi connectivity index (χ1v) is 11.4. The highest BCUT2D eigenvalue weighted by Crippen LogP contribution is 2.31. The van der Waals surface area contributed by atoms with Crippen molar-refractivity contribution in [2.75, 3.05) is 41.4 Å². The molecule has 1 rings (SSSR count). The van der Waals surface area contributed by atoms with Crippen LogP contribution in [0.25, 0.3) is 0 Å². The van der Waals surface area contributed by atoms with Crippen LogP contribution < -0.4 is 9.47 Å². The van der Waals surface area contributed by atoms with Crippen LogP contribution in [0.2, 0.25) is 0 Å². The summed E-state index contributed by atoms with van der Waals surface area (Å²) in [5, 5.41) is 0. The van der Waals surface area contributed by atoms with E-state index in [1.807, 2.05) is 39.8 Å². The van der Waals surface area contributed by atoms with Gasteiger partial charge in [0.2, 0.25) is 5.91 Å². The standard InChI is InChI=1S/C27H43NO5/c1-19(2)22(12-9-10-13-23(20(3)4)27(30)28(5)6)26(29)21-14-15-24(32-8)25(18-21)33-17-11-16-31-7/h9-10,14-15,18-20,22-23H,11-13,16-17H2,1-8H3/b10-9+/t22?,23-/m0/s1/i7D3,8D3. The van der Waals surface area contributed by atoms with Crippen molar-refractivity contribution < 1.29 is 32.0 Å². The van der Waals surface area contributed by atoms with Crippen LogP contribution in [0, 0.1) is 23.7 Å². The molecule has 1 unspecified atom stereocenters. The highest BCUT2D eigenvalue weighted by molar-refractivity contribution is 5.98. The average Bonchev–Trinajstić information content (AvgIpc) is 2.79. The third-order valence-corrected chi connectivity index (χ3v) is 5.64. The van der Waals surface area contributed by atoms with Crippen LogP contribution in [0.15, 0.2) is 30.4 Å². The van der Waals surface area contributed by atoms with Gasteiger partial charge in [0.05, 0.1) is 21.9 Å². The number of rotatable bonds is 15. The number of allylic oxidation sites excluding steroid dienone is 2. The van der Waals surface area contributed by atoms with E-state index in [0.29, 0.717) is 18.4 Å². The maximum atomic E-state index is 13.5. The fourth-order valence-electron chi connectivity index (χ4n) is 3.54. The highest BCUT2D eigenvalue weighted by atomic mass is 16.5. The molecule has 1 aromatic carbocycles. The van der Waals surface area contributed by atoms with Gasteiger partial charge in [-0.15, -0.1) is 0 Å². The van der Waals surface area contributed by atoms with Crippen LogP contribution in [-0.2, 0) is 9.53 Å². The molecule has 0 aromatic heterocycles. The van der Waals surface area contributed by atoms with Gasteiger partial charge in [-0.25, -0.2) is 0 Å². The van der Waals surface area contributed by atoms with Crippen molar-refractivity contribution in [3.63, 3.8) is 0 Å². The van der Waals surface area contributed by atoms with E-state index in [1.54, 1.807) is 19.0 Å². The van der Waals surface area contributed by atoms with Gasteiger partial charge < -0.3 is 19.1 Å². The Balaban J connectivity index is 3.04. The number of ether oxygens (including phenoxy) is 3. The van der Waals surface area contributed by atoms with Crippen molar-refractivity contribution in [3.05, 3.63) is 35.9 Å². The summed E-state index contributed by atoms with van der Waals surface area (Å²) in [7, 11) is -1.75. The quantitative estimate of drug-likeness (QED) is 0.200. The van der Waals surface area contributed by atoms with Gasteiger partial charge >= 0.3 is 0 Å². The van der Waals surface area contributed by atoms with E-state index in [1.165, 1.54) is 18.2 Å². The van der Waals surface area contributed by atoms with E-state index in [9.17, 15) is 9.59 Å². The van der Waals surface area contributed by atoms with E-state index in [0.717, 1.165) is 0 Å². The lowest BCUT2D eigenvalue weighted by atomic mass is 9.84. The first-order valence-electron chi connectivity index (χ1n) is 14.4. The monoisotopic (exact) mass is 467 g/mol. The molecule has 0 fully saturated rings. The van der Waals surface area contributed by atoms with Crippen LogP contribution in [0.3, 0.4) is 0 Å². The van der Waals surface area contributed by atoms with Gasteiger partial charge in [0.15, 0.2) is 17.3 Å². The average molecular weight is 468 g/mol. The van der Waals surface area contributed by atoms with Crippen LogP contribution in [0.4, 0.5) is 0 Å². The molecule has 6 heteroatoms. The summed E-state index contributed by atoms with van der Waals surface area (Å²) in [4.78, 5) is 27.5. The minimum atomic E-state index is -2.72. The Morgan fingerprint density at radius 2 is 1.64 bits per heavy atom. The fourth-order valence-corrected chi connectivity index (χ4v) is 3.54. The smallest absolute Gasteiger partial charge is 0.225 e. The molecule has 0 radical (unpaired) electrons. The molecule has 1 amide bonds. The normalized spacial score (nSPS) is 16.8. The second-order valence-electron chi connectivity index (χ2n) is 9.05. The number of carbonyl (C=O) groups is 2. The molecule has 0 aliphatic heterocycles. The highest BCUT2D eigenvalue weighted by Gasteiger charge is 2.25. The number of hydrogen-bond acceptors (Lipinski definition) is 5. The first-order chi connectivity index (χ1) is 17.9. The molecule has 0 bridgehead atoms. The minimum Gasteiger partial charge on any atom is -0.493 e. The minimum absolute atomic E-state index is 0.0196. The summed E-state index contributed by atoms with van der Waals surface area (Å²) in [5.41, 5.74) is 0.344. The lowest BCUT2D eigenvalue weighted by molar-refractivity contribution is -0.134. The van der Waals surface area contributed by atoms with Gasteiger partial charge in [-0.3, -0.25) is 9.59 Å². The van der Waals surface area contributed by atoms with Crippen LogP contribution in [0.1, 0.15) is 65.5 Å². The number of amides is 1. The van der Waals surface area contributed by atoms with E-state index >= 15 is 0 Å². The van der Waals surface area contributed by atoms with Gasteiger partial charge in [0.25, 0.3) is 0 Å². The summed E-state index contributed by atoms with van der Waals surface area (Å²) in [5.74, 6) is -0.315. The Labute approximate surface area is 208 Å². The van der Waals surface area contributed by atoms with Gasteiger partial charge in [-0.2, -0.15) is 0 Å². The van der Waals surface area contributed by atoms with Crippen molar-refractivity contribution in [2.24, 2.45) is 23.7 Å². The molecule has 6 nitrogen and oxygen atoms in total. The Bertz CT molecular complexity index is 957. The largest absolute Gasteiger partial charge is 0.493 e. The zero-order chi connectivity index (χ0) is 30.0. The number of carbonyl (C=O) groups excluding carboxylic acids is 2. The van der Waals surface area contributed by atoms with Crippen molar-refractivity contribution >= 4 is 11.7 Å². The van der Waals surface area contributed by atoms with Crippen LogP contribution in [0.5, 0.6) is 11.5 Å². The van der Waals surface area contributed by atoms with Crippen molar-refractivity contribution in [2.45, 2.75) is 47.0 Å². The van der Waals surface area contributed by atoms with E-state index in [-0.39, 0.29) is 66.5 Å². The SMILES string of the molecule is [2H]C([2H])([2H])OCCCOc1cc(C(=O)C(C/C=C/C[C@H](C(=O)N(C)C)C(C)C)C(C)C)ccc1OC([2H])([2H])[2H]. The number of nitrogens with zero attached hydrogens (tertiary/aromatic N) is 1. The number of ketones is 1. The molecule has 0 N–H and O–H groups in total. The molecule has 186 valence electrons. The van der Waals surface area contributed by atoms with E-state index in [2.05, 4.69) is 0 Å². The molecular formula is C27H43NO5. The van der Waals surface area contributed by atoms with E-state index in [4.69, 9.17) is 22.4 Å². The Hall–Kier alpha value is -2.34. The molecule has 2 atom stereocenters. The number of methoxy groups -OCH3 is 2. The van der Waals surface area contributed by atoms with Gasteiger partial charge in [0, 0.05) is 51.6 Å². The summed E-state index contributed by atoms with van der Waals surface area (Å²) in [6.07, 6.45) is 5.19. The van der Waals surface area contributed by atoms with Gasteiger partial charge in [-0.05, 0) is 42.9 Å². The third-order valence-electron chi connectivity index (χ3n) is 5.64. The second kappa shape index (κ2) is 14.7. The van der Waals surface area contributed by atoms with Crippen LogP contribution >= 0.6 is 0 Å². The number of Topliss-reactive ketones (excluding diaryl/α,β-unsaturated/α-hetero) is 1. The van der Waals surface area contributed by atoms with Gasteiger partial charge in [0.1, 0.15) is 0 Å². The molecule has 0 aliphatic carbocycles. The Kier molecular flexibility index (Phi) is 8.96. The van der Waals surface area contributed by atoms with Crippen LogP contribution in [-0.4, -0.2) is 58.0 Å². The maximum absolute atomic E-state index is 13.5. The Morgan fingerprint density at radius 1 is 0.970 bits per heavy atom. The van der Waals surface area contributed by atoms with Crippen molar-refractivity contribution in [3.8, 4) is 11.5 Å². The summed E-state index contributed by atoms with van der Waals surface area (Å²) in [6.45, 7) is 7.89. The number of benzene rings is 1. The number of hydrogen-bond donors (Lipinski definition) is 0. The first kappa shape index (κ1) is 20.1. The predicted molar refractivity (Wildman–Crippen MR) is 133 cm³/mol. The lowest BCUT2D eigenvalue weighted by Gasteiger charge is -2.22. The molecule has 0 aliphatic rings. The zero-order valence-corrected chi connectivity index (χ0v) is 20.7. The molecule has 0 saturated carbocycles. The van der Waals surface area contributed by atoms with Crippen molar-refractivity contribution in [1.82, 2.24) is 4.90 Å². The van der Waals surface area contributed by atoms with E-state index < -0.39 is 14.1 Å². The third kappa shape index (κ3) is 9.20. The second-order valence-corrected chi connectivity index (χ2v) is 9.05. The molecule has 0 heterocycles. The molecular weight excluding hydrogens is 418 g/mol. The molecule has 33 heavy (non-hydrogen) atoms. The predicted octanol–water partition coefficient (Wildman–Crippen LogP) is 5.26. The molecule has 1 aromatic rings. The zero-order valence-electron chi connectivity index (χ0n) is 26.7. The Morgan fingerprint density at radius 3 is 2.21 bits per heavy atom. The summed E-state index contributed by atoms with van der Waals surface area (Å²) < 4.78 is 58.9. The molecule has 0 spiro atoms. The summed E-state index contributed by atoms with van der Waals surface area (Å²) >= 11 is 0. The maximum Gasteiger partial charge on any atom is 0.225 e. The topological polar surface area (TPSA) is 65.1 Å². The lowest BCUT2D eigenvalue weighted by Crippen LogP contribution is -2.32.